The number of barbiturate groups is 1. The smallest absolute Gasteiger partial charge is 0.333 e. The minimum Gasteiger partial charge on any atom is -0.355 e. The molecule has 0 bridgehead atoms. The van der Waals surface area contributed by atoms with Crippen molar-refractivity contribution in [1.82, 2.24) is 15.1 Å². The topological polar surface area (TPSA) is 144 Å². The molecule has 2 aliphatic rings. The van der Waals surface area contributed by atoms with E-state index in [4.69, 9.17) is 11.6 Å². The molecule has 0 unspecified atom stereocenters. The molecule has 3 rings (SSSR count). The van der Waals surface area contributed by atoms with Gasteiger partial charge in [0.1, 0.15) is 11.5 Å². The molecule has 11 nitrogen and oxygen atoms in total. The Bertz CT molecular complexity index is 1360. The van der Waals surface area contributed by atoms with Gasteiger partial charge < -0.3 is 10.2 Å². The molecule has 204 valence electrons. The number of likely N-dealkylation sites (N-methyl/N-ethyl adjacent to an activating group) is 2. The molecule has 0 aromatic heterocycles. The molecule has 0 radical (unpaired) electrons. The number of halogens is 1. The fourth-order valence-corrected chi connectivity index (χ4v) is 4.96. The fourth-order valence-electron chi connectivity index (χ4n) is 4.36. The lowest BCUT2D eigenvalue weighted by atomic mass is 9.83. The predicted molar refractivity (Wildman–Crippen MR) is 141 cm³/mol. The Kier molecular flexibility index (Phi) is 8.49. The summed E-state index contributed by atoms with van der Waals surface area (Å²) in [5.41, 5.74) is 1.35. The van der Waals surface area contributed by atoms with Crippen molar-refractivity contribution < 1.29 is 32.1 Å². The van der Waals surface area contributed by atoms with Crippen LogP contribution in [0.5, 0.6) is 0 Å². The third-order valence-electron chi connectivity index (χ3n) is 6.44. The van der Waals surface area contributed by atoms with Crippen molar-refractivity contribution in [3.63, 3.8) is 0 Å². The molecule has 1 fully saturated rings. The lowest BCUT2D eigenvalue weighted by Crippen LogP contribution is -2.52. The Balaban J connectivity index is 1.96. The summed E-state index contributed by atoms with van der Waals surface area (Å²) in [5.74, 6) is -1.85. The summed E-state index contributed by atoms with van der Waals surface area (Å²) in [6.07, 6.45) is 6.81. The van der Waals surface area contributed by atoms with Gasteiger partial charge >= 0.3 is 6.03 Å². The van der Waals surface area contributed by atoms with E-state index in [1.165, 1.54) is 38.4 Å². The second-order valence-corrected chi connectivity index (χ2v) is 11.0. The number of amides is 5. The summed E-state index contributed by atoms with van der Waals surface area (Å²) in [7, 11) is -1.83. The van der Waals surface area contributed by atoms with E-state index in [0.717, 1.165) is 21.2 Å². The molecule has 2 aliphatic heterocycles. The Morgan fingerprint density at radius 1 is 1.08 bits per heavy atom. The van der Waals surface area contributed by atoms with Crippen LogP contribution in [0.3, 0.4) is 0 Å². The number of rotatable bonds is 8. The highest BCUT2D eigenvalue weighted by atomic mass is 35.5. The third kappa shape index (κ3) is 5.66. The van der Waals surface area contributed by atoms with Gasteiger partial charge in [0, 0.05) is 44.0 Å². The van der Waals surface area contributed by atoms with Crippen molar-refractivity contribution in [2.24, 2.45) is 0 Å². The number of fused-ring (bicyclic) bond motifs is 1. The van der Waals surface area contributed by atoms with Gasteiger partial charge in [-0.05, 0) is 42.3 Å². The van der Waals surface area contributed by atoms with Crippen molar-refractivity contribution in [1.29, 1.82) is 0 Å². The normalized spacial score (nSPS) is 18.6. The molecule has 1 aromatic rings. The fraction of sp³-hybridized carbons (Fsp3) is 0.360. The van der Waals surface area contributed by atoms with Crippen molar-refractivity contribution >= 4 is 51.2 Å². The molecule has 13 heteroatoms. The van der Waals surface area contributed by atoms with E-state index in [1.807, 2.05) is 18.7 Å². The molecule has 0 saturated carbocycles. The Hall–Kier alpha value is -3.48. The first-order valence-electron chi connectivity index (χ1n) is 11.6. The zero-order chi connectivity index (χ0) is 28.4. The summed E-state index contributed by atoms with van der Waals surface area (Å²) >= 11 is 5.53. The number of imide groups is 2. The number of hydrogen-bond acceptors (Lipinski definition) is 7. The van der Waals surface area contributed by atoms with E-state index in [0.29, 0.717) is 25.1 Å². The van der Waals surface area contributed by atoms with Crippen molar-refractivity contribution in [3.05, 3.63) is 59.3 Å². The largest absolute Gasteiger partial charge is 0.355 e. The first-order chi connectivity index (χ1) is 17.7. The molecular formula is C25H29ClN4O7S. The molecule has 1 aromatic carbocycles. The van der Waals surface area contributed by atoms with Crippen molar-refractivity contribution in [2.75, 3.05) is 38.0 Å². The second-order valence-electron chi connectivity index (χ2n) is 9.30. The van der Waals surface area contributed by atoms with Crippen LogP contribution in [0, 0.1) is 0 Å². The van der Waals surface area contributed by atoms with Crippen LogP contribution in [-0.2, 0) is 29.9 Å². The first kappa shape index (κ1) is 29.1. The Morgan fingerprint density at radius 2 is 1.68 bits per heavy atom. The van der Waals surface area contributed by atoms with Gasteiger partial charge in [-0.1, -0.05) is 26.0 Å². The summed E-state index contributed by atoms with van der Waals surface area (Å²) < 4.78 is 33.1. The zero-order valence-electron chi connectivity index (χ0n) is 21.4. The lowest BCUT2D eigenvalue weighted by molar-refractivity contribution is -0.134. The maximum atomic E-state index is 12.4. The molecule has 0 atom stereocenters. The van der Waals surface area contributed by atoms with Crippen LogP contribution in [-0.4, -0.2) is 79.6 Å². The number of urea groups is 1. The van der Waals surface area contributed by atoms with E-state index in [1.54, 1.807) is 18.2 Å². The van der Waals surface area contributed by atoms with Crippen LogP contribution in [0.1, 0.15) is 25.8 Å². The minimum atomic E-state index is -4.42. The van der Waals surface area contributed by atoms with Gasteiger partial charge in [0.2, 0.25) is 5.91 Å². The molecule has 2 N–H and O–H groups in total. The van der Waals surface area contributed by atoms with E-state index >= 15 is 0 Å². The molecular weight excluding hydrogens is 536 g/mol. The number of carbonyl (C=O) groups is 4. The van der Waals surface area contributed by atoms with Gasteiger partial charge in [-0.3, -0.25) is 28.7 Å². The maximum Gasteiger partial charge on any atom is 0.333 e. The number of anilines is 1. The Morgan fingerprint density at radius 3 is 2.26 bits per heavy atom. The van der Waals surface area contributed by atoms with Crippen LogP contribution in [0.4, 0.5) is 10.5 Å². The highest BCUT2D eigenvalue weighted by Gasteiger charge is 2.40. The third-order valence-corrected chi connectivity index (χ3v) is 7.53. The molecule has 38 heavy (non-hydrogen) atoms. The maximum absolute atomic E-state index is 12.4. The highest BCUT2D eigenvalue weighted by Crippen LogP contribution is 2.48. The van der Waals surface area contributed by atoms with Crippen LogP contribution >= 0.6 is 11.6 Å². The molecule has 2 heterocycles. The lowest BCUT2D eigenvalue weighted by Gasteiger charge is -2.28. The number of alkyl halides is 1. The van der Waals surface area contributed by atoms with E-state index in [9.17, 15) is 32.1 Å². The average molecular weight is 565 g/mol. The summed E-state index contributed by atoms with van der Waals surface area (Å²) in [6.45, 7) is 4.65. The van der Waals surface area contributed by atoms with Gasteiger partial charge in [0.15, 0.2) is 0 Å². The van der Waals surface area contributed by atoms with Gasteiger partial charge in [-0.2, -0.15) is 8.42 Å². The summed E-state index contributed by atoms with van der Waals surface area (Å²) in [5, 5.41) is 2.71. The second kappa shape index (κ2) is 11.1. The number of carbonyl (C=O) groups excluding carboxylic acids is 4. The molecule has 0 aliphatic carbocycles. The highest BCUT2D eigenvalue weighted by molar-refractivity contribution is 7.85. The van der Waals surface area contributed by atoms with Crippen molar-refractivity contribution in [2.45, 2.75) is 30.6 Å². The van der Waals surface area contributed by atoms with Crippen LogP contribution < -0.4 is 10.2 Å². The molecule has 0 spiro atoms. The van der Waals surface area contributed by atoms with Gasteiger partial charge in [0.25, 0.3) is 21.9 Å². The quantitative estimate of drug-likeness (QED) is 0.161. The number of nitrogens with zero attached hydrogens (tertiary/aromatic N) is 3. The monoisotopic (exact) mass is 564 g/mol. The number of hydrogen-bond donors (Lipinski definition) is 2. The van der Waals surface area contributed by atoms with E-state index < -0.39 is 33.4 Å². The molecule has 1 saturated heterocycles. The van der Waals surface area contributed by atoms with Crippen molar-refractivity contribution in [3.8, 4) is 0 Å². The standard InChI is InChI=1S/C25H29ClN4O7S/c1-25(2)18-14-16(38(35,36)37)10-11-19(18)30(13-7-12-27-21(31)15-26)20(25)9-6-5-8-17-22(32)28(3)24(34)29(4)23(17)33/h5-6,8-11,14H,7,12-13,15H2,1-4H3,(H,27,31)(H,35,36,37)/b6-5+,20-9+. The number of nitrogens with one attached hydrogen (secondary N) is 1. The van der Waals surface area contributed by atoms with Gasteiger partial charge in [0.05, 0.1) is 4.90 Å². The summed E-state index contributed by atoms with van der Waals surface area (Å²) in [4.78, 5) is 51.7. The molecule has 5 amide bonds. The summed E-state index contributed by atoms with van der Waals surface area (Å²) in [6, 6.07) is 3.66. The average Bonchev–Trinajstić information content (AvgIpc) is 3.08. The number of allylic oxidation sites excluding steroid dienone is 5. The SMILES string of the molecule is CN1C(=O)C(=C/C=C/C=C2/N(CCCNC(=O)CCl)c3ccc(S(=O)(=O)O)cc3C2(C)C)C(=O)N(C)C1=O. The van der Waals surface area contributed by atoms with Crippen LogP contribution in [0.2, 0.25) is 0 Å². The van der Waals surface area contributed by atoms with Crippen LogP contribution in [0.25, 0.3) is 0 Å². The minimum absolute atomic E-state index is 0.145. The van der Waals surface area contributed by atoms with E-state index in [-0.39, 0.29) is 22.3 Å². The van der Waals surface area contributed by atoms with E-state index in [2.05, 4.69) is 5.32 Å². The Labute approximate surface area is 226 Å². The number of benzene rings is 1. The predicted octanol–water partition coefficient (Wildman–Crippen LogP) is 2.19. The van der Waals surface area contributed by atoms with Crippen LogP contribution in [0.15, 0.2) is 58.7 Å². The van der Waals surface area contributed by atoms with Gasteiger partial charge in [-0.15, -0.1) is 11.6 Å². The zero-order valence-corrected chi connectivity index (χ0v) is 23.0. The first-order valence-corrected chi connectivity index (χ1v) is 13.6. The van der Waals surface area contributed by atoms with Gasteiger partial charge in [-0.25, -0.2) is 4.79 Å².